The van der Waals surface area contributed by atoms with Gasteiger partial charge in [0.2, 0.25) is 0 Å². The highest BCUT2D eigenvalue weighted by molar-refractivity contribution is 5.81. The smallest absolute Gasteiger partial charge is 0.256 e. The standard InChI is InChI=1S/C14H13F4N/c1-13(2,3)11-9(14(16,17)18)7-10-8(12(11)15)5-4-6-19-10/h4-7H,1-3H3. The van der Waals surface area contributed by atoms with Gasteiger partial charge in [0.1, 0.15) is 5.82 Å². The molecule has 0 N–H and O–H groups in total. The lowest BCUT2D eigenvalue weighted by atomic mass is 9.82. The maximum atomic E-state index is 14.4. The van der Waals surface area contributed by atoms with E-state index in [9.17, 15) is 17.6 Å². The molecule has 0 radical (unpaired) electrons. The van der Waals surface area contributed by atoms with E-state index in [1.807, 2.05) is 0 Å². The summed E-state index contributed by atoms with van der Waals surface area (Å²) in [6.45, 7) is 4.68. The maximum absolute atomic E-state index is 14.4. The van der Waals surface area contributed by atoms with Gasteiger partial charge in [0.15, 0.2) is 0 Å². The quantitative estimate of drug-likeness (QED) is 0.633. The lowest BCUT2D eigenvalue weighted by molar-refractivity contribution is -0.138. The highest BCUT2D eigenvalue weighted by Crippen LogP contribution is 2.41. The molecule has 0 saturated carbocycles. The van der Waals surface area contributed by atoms with Crippen LogP contribution in [0.15, 0.2) is 24.4 Å². The van der Waals surface area contributed by atoms with Gasteiger partial charge in [0.25, 0.3) is 0 Å². The third kappa shape index (κ3) is 2.41. The van der Waals surface area contributed by atoms with Gasteiger partial charge in [-0.2, -0.15) is 13.2 Å². The van der Waals surface area contributed by atoms with Crippen molar-refractivity contribution >= 4 is 10.9 Å². The maximum Gasteiger partial charge on any atom is 0.416 e. The summed E-state index contributed by atoms with van der Waals surface area (Å²) >= 11 is 0. The van der Waals surface area contributed by atoms with Crippen LogP contribution < -0.4 is 0 Å². The Balaban J connectivity index is 2.93. The van der Waals surface area contributed by atoms with Gasteiger partial charge >= 0.3 is 6.18 Å². The Kier molecular flexibility index (Phi) is 3.03. The van der Waals surface area contributed by atoms with Crippen molar-refractivity contribution < 1.29 is 17.6 Å². The van der Waals surface area contributed by atoms with Gasteiger partial charge in [-0.3, -0.25) is 4.98 Å². The molecule has 0 bridgehead atoms. The minimum Gasteiger partial charge on any atom is -0.256 e. The molecule has 0 fully saturated rings. The van der Waals surface area contributed by atoms with E-state index < -0.39 is 23.0 Å². The fraction of sp³-hybridized carbons (Fsp3) is 0.357. The van der Waals surface area contributed by atoms with Crippen molar-refractivity contribution in [1.82, 2.24) is 4.98 Å². The van der Waals surface area contributed by atoms with Crippen LogP contribution in [0.1, 0.15) is 31.9 Å². The molecule has 1 heterocycles. The van der Waals surface area contributed by atoms with Crippen molar-refractivity contribution in [3.05, 3.63) is 41.3 Å². The Morgan fingerprint density at radius 1 is 1.11 bits per heavy atom. The molecule has 0 saturated heterocycles. The van der Waals surface area contributed by atoms with E-state index in [0.717, 1.165) is 6.07 Å². The van der Waals surface area contributed by atoms with Crippen molar-refractivity contribution in [1.29, 1.82) is 0 Å². The summed E-state index contributed by atoms with van der Waals surface area (Å²) in [6.07, 6.45) is -3.26. The lowest BCUT2D eigenvalue weighted by Crippen LogP contribution is -2.22. The Morgan fingerprint density at radius 3 is 2.26 bits per heavy atom. The van der Waals surface area contributed by atoms with Crippen LogP contribution in [0.3, 0.4) is 0 Å². The average Bonchev–Trinajstić information content (AvgIpc) is 2.26. The summed E-state index contributed by atoms with van der Waals surface area (Å²) in [4.78, 5) is 3.80. The largest absolute Gasteiger partial charge is 0.416 e. The van der Waals surface area contributed by atoms with Gasteiger partial charge in [-0.05, 0) is 23.6 Å². The molecular weight excluding hydrogens is 258 g/mol. The Labute approximate surface area is 108 Å². The number of halogens is 4. The van der Waals surface area contributed by atoms with E-state index in [2.05, 4.69) is 4.98 Å². The van der Waals surface area contributed by atoms with Crippen LogP contribution in [0, 0.1) is 5.82 Å². The zero-order chi connectivity index (χ0) is 14.4. The highest BCUT2D eigenvalue weighted by atomic mass is 19.4. The number of alkyl halides is 3. The topological polar surface area (TPSA) is 12.9 Å². The summed E-state index contributed by atoms with van der Waals surface area (Å²) in [5.41, 5.74) is -2.21. The van der Waals surface area contributed by atoms with E-state index in [1.54, 1.807) is 20.8 Å². The molecule has 0 aliphatic heterocycles. The van der Waals surface area contributed by atoms with Gasteiger partial charge in [-0.25, -0.2) is 4.39 Å². The normalized spacial score (nSPS) is 13.0. The predicted molar refractivity (Wildman–Crippen MR) is 65.4 cm³/mol. The third-order valence-electron chi connectivity index (χ3n) is 2.90. The average molecular weight is 271 g/mol. The molecule has 19 heavy (non-hydrogen) atoms. The number of nitrogens with zero attached hydrogens (tertiary/aromatic N) is 1. The van der Waals surface area contributed by atoms with Crippen molar-refractivity contribution in [3.63, 3.8) is 0 Å². The summed E-state index contributed by atoms with van der Waals surface area (Å²) in [5, 5.41) is 0.112. The fourth-order valence-corrected chi connectivity index (χ4v) is 2.14. The second-order valence-electron chi connectivity index (χ2n) is 5.43. The first-order valence-electron chi connectivity index (χ1n) is 5.77. The zero-order valence-corrected chi connectivity index (χ0v) is 10.8. The zero-order valence-electron chi connectivity index (χ0n) is 10.8. The van der Waals surface area contributed by atoms with Gasteiger partial charge in [-0.1, -0.05) is 20.8 Å². The minimum atomic E-state index is -4.60. The van der Waals surface area contributed by atoms with Crippen LogP contribution in [0.25, 0.3) is 10.9 Å². The van der Waals surface area contributed by atoms with Gasteiger partial charge in [0, 0.05) is 17.1 Å². The third-order valence-corrected chi connectivity index (χ3v) is 2.90. The highest BCUT2D eigenvalue weighted by Gasteiger charge is 2.39. The first-order chi connectivity index (χ1) is 8.62. The van der Waals surface area contributed by atoms with Crippen LogP contribution in [0.4, 0.5) is 17.6 Å². The fourth-order valence-electron chi connectivity index (χ4n) is 2.14. The van der Waals surface area contributed by atoms with Gasteiger partial charge in [-0.15, -0.1) is 0 Å². The van der Waals surface area contributed by atoms with Crippen LogP contribution in [-0.2, 0) is 11.6 Å². The number of hydrogen-bond donors (Lipinski definition) is 0. The Bertz CT molecular complexity index is 624. The van der Waals surface area contributed by atoms with Crippen LogP contribution in [-0.4, -0.2) is 4.98 Å². The predicted octanol–water partition coefficient (Wildman–Crippen LogP) is 4.69. The molecule has 5 heteroatoms. The minimum absolute atomic E-state index is 0.0142. The molecule has 1 aromatic heterocycles. The molecule has 0 unspecified atom stereocenters. The van der Waals surface area contributed by atoms with Crippen molar-refractivity contribution in [2.24, 2.45) is 0 Å². The Morgan fingerprint density at radius 2 is 1.74 bits per heavy atom. The monoisotopic (exact) mass is 271 g/mol. The number of fused-ring (bicyclic) bond motifs is 1. The number of hydrogen-bond acceptors (Lipinski definition) is 1. The van der Waals surface area contributed by atoms with Crippen LogP contribution in [0.5, 0.6) is 0 Å². The van der Waals surface area contributed by atoms with E-state index >= 15 is 0 Å². The summed E-state index contributed by atoms with van der Waals surface area (Å²) in [6, 6.07) is 3.86. The molecule has 0 spiro atoms. The second kappa shape index (κ2) is 4.18. The van der Waals surface area contributed by atoms with E-state index in [0.29, 0.717) is 0 Å². The van der Waals surface area contributed by atoms with E-state index in [1.165, 1.54) is 18.3 Å². The molecule has 1 nitrogen and oxygen atoms in total. The number of pyridine rings is 1. The molecule has 0 atom stereocenters. The first-order valence-corrected chi connectivity index (χ1v) is 5.77. The van der Waals surface area contributed by atoms with E-state index in [-0.39, 0.29) is 16.5 Å². The van der Waals surface area contributed by atoms with Gasteiger partial charge in [0.05, 0.1) is 11.1 Å². The van der Waals surface area contributed by atoms with Crippen molar-refractivity contribution in [3.8, 4) is 0 Å². The summed E-state index contributed by atoms with van der Waals surface area (Å²) in [7, 11) is 0. The molecule has 0 amide bonds. The van der Waals surface area contributed by atoms with Crippen molar-refractivity contribution in [2.75, 3.05) is 0 Å². The molecule has 0 aliphatic rings. The molecule has 2 rings (SSSR count). The molecular formula is C14H13F4N. The lowest BCUT2D eigenvalue weighted by Gasteiger charge is -2.25. The number of rotatable bonds is 0. The Hall–Kier alpha value is -1.65. The summed E-state index contributed by atoms with van der Waals surface area (Å²) < 4.78 is 53.7. The molecule has 1 aromatic carbocycles. The summed E-state index contributed by atoms with van der Waals surface area (Å²) in [5.74, 6) is -0.842. The number of aromatic nitrogens is 1. The SMILES string of the molecule is CC(C)(C)c1c(C(F)(F)F)cc2ncccc2c1F. The van der Waals surface area contributed by atoms with Crippen LogP contribution in [0.2, 0.25) is 0 Å². The van der Waals surface area contributed by atoms with Gasteiger partial charge < -0.3 is 0 Å². The van der Waals surface area contributed by atoms with Crippen molar-refractivity contribution in [2.45, 2.75) is 32.4 Å². The molecule has 102 valence electrons. The molecule has 0 aliphatic carbocycles. The number of benzene rings is 1. The first kappa shape index (κ1) is 13.8. The van der Waals surface area contributed by atoms with E-state index in [4.69, 9.17) is 0 Å². The molecule has 2 aromatic rings. The van der Waals surface area contributed by atoms with Crippen LogP contribution >= 0.6 is 0 Å². The second-order valence-corrected chi connectivity index (χ2v) is 5.43.